The molecule has 3 N–H and O–H groups in total. The van der Waals surface area contributed by atoms with Gasteiger partial charge in [0.15, 0.2) is 5.03 Å². The van der Waals surface area contributed by atoms with Crippen molar-refractivity contribution in [1.82, 2.24) is 9.71 Å². The van der Waals surface area contributed by atoms with Gasteiger partial charge in [-0.25, -0.2) is 18.1 Å². The molecule has 0 saturated carbocycles. The zero-order chi connectivity index (χ0) is 11.3. The van der Waals surface area contributed by atoms with Crippen LogP contribution in [0.25, 0.3) is 0 Å². The Morgan fingerprint density at radius 2 is 2.27 bits per heavy atom. The van der Waals surface area contributed by atoms with Gasteiger partial charge in [-0.05, 0) is 18.6 Å². The standard InChI is InChI=1S/C9H15N3O2S/c1-2-3-7-12-15(13,14)9-8(10)5-4-6-11-9/h4-6,12H,2-3,7,10H2,1H3. The minimum absolute atomic E-state index is 0.0962. The summed E-state index contributed by atoms with van der Waals surface area (Å²) in [6.07, 6.45) is 3.14. The molecule has 0 bridgehead atoms. The van der Waals surface area contributed by atoms with E-state index in [0.29, 0.717) is 6.54 Å². The summed E-state index contributed by atoms with van der Waals surface area (Å²) < 4.78 is 25.8. The van der Waals surface area contributed by atoms with Crippen LogP contribution in [0.4, 0.5) is 5.69 Å². The number of nitrogens with two attached hydrogens (primary N) is 1. The Hall–Kier alpha value is -1.14. The summed E-state index contributed by atoms with van der Waals surface area (Å²) in [6.45, 7) is 2.40. The van der Waals surface area contributed by atoms with Gasteiger partial charge in [-0.2, -0.15) is 0 Å². The lowest BCUT2D eigenvalue weighted by Gasteiger charge is -2.06. The monoisotopic (exact) mass is 229 g/mol. The van der Waals surface area contributed by atoms with E-state index in [0.717, 1.165) is 12.8 Å². The first-order valence-electron chi connectivity index (χ1n) is 4.78. The molecule has 5 nitrogen and oxygen atoms in total. The molecule has 0 aliphatic rings. The molecule has 0 unspecified atom stereocenters. The Bertz CT molecular complexity index is 417. The van der Waals surface area contributed by atoms with Crippen molar-refractivity contribution in [3.8, 4) is 0 Å². The number of nitrogens with one attached hydrogen (secondary N) is 1. The Labute approximate surface area is 89.8 Å². The van der Waals surface area contributed by atoms with Crippen LogP contribution in [-0.2, 0) is 10.0 Å². The van der Waals surface area contributed by atoms with E-state index >= 15 is 0 Å². The van der Waals surface area contributed by atoms with Crippen molar-refractivity contribution in [3.63, 3.8) is 0 Å². The number of hydrogen-bond acceptors (Lipinski definition) is 4. The quantitative estimate of drug-likeness (QED) is 0.729. The molecule has 84 valence electrons. The van der Waals surface area contributed by atoms with E-state index in [4.69, 9.17) is 5.73 Å². The molecule has 0 aromatic carbocycles. The van der Waals surface area contributed by atoms with Crippen molar-refractivity contribution in [3.05, 3.63) is 18.3 Å². The maximum absolute atomic E-state index is 11.7. The summed E-state index contributed by atoms with van der Waals surface area (Å²) >= 11 is 0. The fourth-order valence-corrected chi connectivity index (χ4v) is 2.21. The van der Waals surface area contributed by atoms with E-state index < -0.39 is 10.0 Å². The van der Waals surface area contributed by atoms with Gasteiger partial charge in [0.2, 0.25) is 0 Å². The third-order valence-electron chi connectivity index (χ3n) is 1.88. The van der Waals surface area contributed by atoms with Gasteiger partial charge in [-0.15, -0.1) is 0 Å². The smallest absolute Gasteiger partial charge is 0.260 e. The molecule has 1 heterocycles. The van der Waals surface area contributed by atoms with E-state index in [2.05, 4.69) is 9.71 Å². The highest BCUT2D eigenvalue weighted by molar-refractivity contribution is 7.89. The number of hydrogen-bond donors (Lipinski definition) is 2. The molecular weight excluding hydrogens is 214 g/mol. The molecule has 0 amide bonds. The number of rotatable bonds is 5. The molecule has 6 heteroatoms. The van der Waals surface area contributed by atoms with E-state index in [-0.39, 0.29) is 10.7 Å². The van der Waals surface area contributed by atoms with Gasteiger partial charge in [-0.1, -0.05) is 13.3 Å². The number of nitrogen functional groups attached to an aromatic ring is 1. The molecule has 0 saturated heterocycles. The molecule has 0 fully saturated rings. The summed E-state index contributed by atoms with van der Waals surface area (Å²) in [5.41, 5.74) is 5.70. The summed E-state index contributed by atoms with van der Waals surface area (Å²) in [6, 6.07) is 3.11. The van der Waals surface area contributed by atoms with E-state index in [9.17, 15) is 8.42 Å². The number of sulfonamides is 1. The Balaban J connectivity index is 2.83. The van der Waals surface area contributed by atoms with Crippen molar-refractivity contribution in [2.45, 2.75) is 24.8 Å². The zero-order valence-electron chi connectivity index (χ0n) is 8.60. The van der Waals surface area contributed by atoms with Gasteiger partial charge < -0.3 is 5.73 Å². The first kappa shape index (κ1) is 11.9. The predicted molar refractivity (Wildman–Crippen MR) is 58.7 cm³/mol. The average molecular weight is 229 g/mol. The first-order valence-corrected chi connectivity index (χ1v) is 6.26. The van der Waals surface area contributed by atoms with Gasteiger partial charge in [0.25, 0.3) is 10.0 Å². The van der Waals surface area contributed by atoms with Crippen LogP contribution in [0.3, 0.4) is 0 Å². The lowest BCUT2D eigenvalue weighted by atomic mass is 10.3. The minimum atomic E-state index is -3.55. The second kappa shape index (κ2) is 5.09. The maximum Gasteiger partial charge on any atom is 0.260 e. The topological polar surface area (TPSA) is 85.1 Å². The molecular formula is C9H15N3O2S. The average Bonchev–Trinajstić information content (AvgIpc) is 2.18. The first-order chi connectivity index (χ1) is 7.08. The molecule has 0 radical (unpaired) electrons. The normalized spacial score (nSPS) is 11.5. The summed E-state index contributed by atoms with van der Waals surface area (Å²) in [4.78, 5) is 3.75. The Kier molecular flexibility index (Phi) is 4.05. The largest absolute Gasteiger partial charge is 0.396 e. The van der Waals surface area contributed by atoms with Crippen LogP contribution in [-0.4, -0.2) is 19.9 Å². The SMILES string of the molecule is CCCCNS(=O)(=O)c1ncccc1N. The van der Waals surface area contributed by atoms with Crippen molar-refractivity contribution >= 4 is 15.7 Å². The van der Waals surface area contributed by atoms with E-state index in [1.165, 1.54) is 12.3 Å². The van der Waals surface area contributed by atoms with Gasteiger partial charge in [-0.3, -0.25) is 0 Å². The van der Waals surface area contributed by atoms with Gasteiger partial charge >= 0.3 is 0 Å². The van der Waals surface area contributed by atoms with Crippen LogP contribution in [0.5, 0.6) is 0 Å². The molecule has 0 aliphatic heterocycles. The molecule has 1 aromatic heterocycles. The third-order valence-corrected chi connectivity index (χ3v) is 3.31. The lowest BCUT2D eigenvalue weighted by Crippen LogP contribution is -2.26. The van der Waals surface area contributed by atoms with Crippen molar-refractivity contribution in [2.24, 2.45) is 0 Å². The van der Waals surface area contributed by atoms with Gasteiger partial charge in [0, 0.05) is 12.7 Å². The zero-order valence-corrected chi connectivity index (χ0v) is 9.42. The van der Waals surface area contributed by atoms with Crippen molar-refractivity contribution in [2.75, 3.05) is 12.3 Å². The van der Waals surface area contributed by atoms with Crippen molar-refractivity contribution < 1.29 is 8.42 Å². The number of anilines is 1. The third kappa shape index (κ3) is 3.17. The highest BCUT2D eigenvalue weighted by Crippen LogP contribution is 2.13. The van der Waals surface area contributed by atoms with Crippen LogP contribution in [0.1, 0.15) is 19.8 Å². The van der Waals surface area contributed by atoms with Crippen LogP contribution >= 0.6 is 0 Å². The maximum atomic E-state index is 11.7. The minimum Gasteiger partial charge on any atom is -0.396 e. The molecule has 1 aromatic rings. The van der Waals surface area contributed by atoms with Gasteiger partial charge in [0.05, 0.1) is 5.69 Å². The summed E-state index contributed by atoms with van der Waals surface area (Å²) in [7, 11) is -3.55. The van der Waals surface area contributed by atoms with Gasteiger partial charge in [0.1, 0.15) is 0 Å². The molecule has 1 rings (SSSR count). The molecule has 15 heavy (non-hydrogen) atoms. The fourth-order valence-electron chi connectivity index (χ4n) is 1.08. The van der Waals surface area contributed by atoms with Crippen LogP contribution in [0, 0.1) is 0 Å². The summed E-state index contributed by atoms with van der Waals surface area (Å²) in [5, 5.41) is -0.0962. The number of aromatic nitrogens is 1. The second-order valence-electron chi connectivity index (χ2n) is 3.15. The van der Waals surface area contributed by atoms with Crippen LogP contribution < -0.4 is 10.5 Å². The highest BCUT2D eigenvalue weighted by atomic mass is 32.2. The van der Waals surface area contributed by atoms with Crippen LogP contribution in [0.2, 0.25) is 0 Å². The number of nitrogens with zero attached hydrogens (tertiary/aromatic N) is 1. The number of pyridine rings is 1. The Morgan fingerprint density at radius 3 is 2.87 bits per heavy atom. The molecule has 0 aliphatic carbocycles. The summed E-state index contributed by atoms with van der Waals surface area (Å²) in [5.74, 6) is 0. The van der Waals surface area contributed by atoms with E-state index in [1.54, 1.807) is 6.07 Å². The molecule has 0 atom stereocenters. The molecule has 0 spiro atoms. The number of unbranched alkanes of at least 4 members (excludes halogenated alkanes) is 1. The lowest BCUT2D eigenvalue weighted by molar-refractivity contribution is 0.575. The van der Waals surface area contributed by atoms with E-state index in [1.807, 2.05) is 6.92 Å². The second-order valence-corrected chi connectivity index (χ2v) is 4.83. The van der Waals surface area contributed by atoms with Crippen molar-refractivity contribution in [1.29, 1.82) is 0 Å². The predicted octanol–water partition coefficient (Wildman–Crippen LogP) is 0.742. The Morgan fingerprint density at radius 1 is 1.53 bits per heavy atom. The highest BCUT2D eigenvalue weighted by Gasteiger charge is 2.17. The fraction of sp³-hybridized carbons (Fsp3) is 0.444. The van der Waals surface area contributed by atoms with Crippen LogP contribution in [0.15, 0.2) is 23.4 Å².